The highest BCUT2D eigenvalue weighted by molar-refractivity contribution is 5.11. The third-order valence-corrected chi connectivity index (χ3v) is 2.94. The number of aryl methyl sites for hydroxylation is 1. The van der Waals surface area contributed by atoms with E-state index in [-0.39, 0.29) is 6.04 Å². The molecule has 0 amide bonds. The molecule has 1 aromatic heterocycles. The normalized spacial score (nSPS) is 26.9. The molecule has 2 rings (SSSR count). The van der Waals surface area contributed by atoms with Crippen molar-refractivity contribution in [3.63, 3.8) is 0 Å². The molecule has 0 radical (unpaired) electrons. The van der Waals surface area contributed by atoms with Crippen molar-refractivity contribution in [2.45, 2.75) is 38.1 Å². The van der Waals surface area contributed by atoms with Crippen LogP contribution in [0.2, 0.25) is 0 Å². The minimum absolute atomic E-state index is 0.141. The summed E-state index contributed by atoms with van der Waals surface area (Å²) in [5, 5.41) is 12.9. The first-order valence-corrected chi connectivity index (χ1v) is 5.63. The summed E-state index contributed by atoms with van der Waals surface area (Å²) in [4.78, 5) is 4.32. The number of nitrogens with one attached hydrogen (secondary N) is 1. The molecule has 2 heterocycles. The second-order valence-corrected chi connectivity index (χ2v) is 4.39. The van der Waals surface area contributed by atoms with Crippen LogP contribution in [0.15, 0.2) is 18.2 Å². The molecule has 0 spiro atoms. The number of hydrogen-bond donors (Lipinski definition) is 2. The van der Waals surface area contributed by atoms with E-state index < -0.39 is 12.3 Å². The maximum atomic E-state index is 12.9. The molecule has 2 N–H and O–H groups in total. The van der Waals surface area contributed by atoms with Gasteiger partial charge in [-0.2, -0.15) is 0 Å². The zero-order valence-corrected chi connectivity index (χ0v) is 9.36. The molecular formula is C12H17FN2O. The largest absolute Gasteiger partial charge is 0.391 e. The smallest absolute Gasteiger partial charge is 0.114 e. The number of hydrogen-bond acceptors (Lipinski definition) is 3. The van der Waals surface area contributed by atoms with Crippen LogP contribution in [0.3, 0.4) is 0 Å². The number of halogens is 1. The number of rotatable bonds is 3. The van der Waals surface area contributed by atoms with Gasteiger partial charge in [0, 0.05) is 30.4 Å². The summed E-state index contributed by atoms with van der Waals surface area (Å²) in [5.41, 5.74) is 1.80. The van der Waals surface area contributed by atoms with Crippen molar-refractivity contribution in [3.05, 3.63) is 29.6 Å². The Hall–Kier alpha value is -1.00. The van der Waals surface area contributed by atoms with Crippen molar-refractivity contribution in [3.8, 4) is 0 Å². The monoisotopic (exact) mass is 224 g/mol. The van der Waals surface area contributed by atoms with E-state index in [2.05, 4.69) is 10.3 Å². The average molecular weight is 224 g/mol. The first-order chi connectivity index (χ1) is 7.65. The van der Waals surface area contributed by atoms with Gasteiger partial charge in [0.1, 0.15) is 6.17 Å². The molecule has 3 atom stereocenters. The van der Waals surface area contributed by atoms with Gasteiger partial charge in [-0.15, -0.1) is 0 Å². The Labute approximate surface area is 94.7 Å². The van der Waals surface area contributed by atoms with Gasteiger partial charge in [0.05, 0.1) is 6.10 Å². The molecule has 1 aliphatic heterocycles. The Morgan fingerprint density at radius 3 is 3.06 bits per heavy atom. The van der Waals surface area contributed by atoms with Crippen molar-refractivity contribution in [1.82, 2.24) is 10.3 Å². The summed E-state index contributed by atoms with van der Waals surface area (Å²) < 4.78 is 12.9. The van der Waals surface area contributed by atoms with E-state index in [1.807, 2.05) is 25.1 Å². The minimum atomic E-state index is -0.829. The summed E-state index contributed by atoms with van der Waals surface area (Å²) in [6.07, 6.45) is -0.515. The Balaban J connectivity index is 1.94. The van der Waals surface area contributed by atoms with Gasteiger partial charge in [-0.25, -0.2) is 4.39 Å². The summed E-state index contributed by atoms with van der Waals surface area (Å²) >= 11 is 0. The highest BCUT2D eigenvalue weighted by Gasteiger charge is 2.29. The van der Waals surface area contributed by atoms with Gasteiger partial charge in [-0.1, -0.05) is 6.07 Å². The number of aliphatic hydroxyl groups is 1. The standard InChI is InChI=1S/C12H17FN2O/c1-8-3-2-4-10(15-8)6-12(16)11-5-9(13)7-14-11/h2-4,9,11-12,14,16H,5-7H2,1H3/t9-,11+,12-/m1/s1. The molecular weight excluding hydrogens is 207 g/mol. The number of pyridine rings is 1. The molecule has 4 heteroatoms. The maximum absolute atomic E-state index is 12.9. The molecule has 0 saturated carbocycles. The zero-order chi connectivity index (χ0) is 11.5. The summed E-state index contributed by atoms with van der Waals surface area (Å²) in [7, 11) is 0. The Kier molecular flexibility index (Phi) is 3.51. The molecule has 3 nitrogen and oxygen atoms in total. The van der Waals surface area contributed by atoms with Crippen molar-refractivity contribution in [1.29, 1.82) is 0 Å². The van der Waals surface area contributed by atoms with Crippen LogP contribution in [-0.4, -0.2) is 35.0 Å². The third-order valence-electron chi connectivity index (χ3n) is 2.94. The lowest BCUT2D eigenvalue weighted by Gasteiger charge is -2.17. The van der Waals surface area contributed by atoms with E-state index in [0.717, 1.165) is 11.4 Å². The Morgan fingerprint density at radius 2 is 2.44 bits per heavy atom. The van der Waals surface area contributed by atoms with E-state index in [0.29, 0.717) is 19.4 Å². The highest BCUT2D eigenvalue weighted by atomic mass is 19.1. The summed E-state index contributed by atoms with van der Waals surface area (Å²) in [5.74, 6) is 0. The highest BCUT2D eigenvalue weighted by Crippen LogP contribution is 2.15. The van der Waals surface area contributed by atoms with Crippen LogP contribution in [-0.2, 0) is 6.42 Å². The predicted octanol–water partition coefficient (Wildman–Crippen LogP) is 0.993. The van der Waals surface area contributed by atoms with E-state index in [9.17, 15) is 9.50 Å². The molecule has 0 unspecified atom stereocenters. The van der Waals surface area contributed by atoms with Gasteiger partial charge in [-0.3, -0.25) is 4.98 Å². The van der Waals surface area contributed by atoms with Crippen LogP contribution in [0.25, 0.3) is 0 Å². The summed E-state index contributed by atoms with van der Waals surface area (Å²) in [6.45, 7) is 2.27. The first-order valence-electron chi connectivity index (χ1n) is 5.63. The SMILES string of the molecule is Cc1cccc(C[C@@H](O)[C@@H]2C[C@@H](F)CN2)n1. The average Bonchev–Trinajstić information content (AvgIpc) is 2.65. The second kappa shape index (κ2) is 4.89. The maximum Gasteiger partial charge on any atom is 0.114 e. The van der Waals surface area contributed by atoms with Gasteiger partial charge in [0.2, 0.25) is 0 Å². The number of aliphatic hydroxyl groups excluding tert-OH is 1. The van der Waals surface area contributed by atoms with Crippen molar-refractivity contribution in [2.24, 2.45) is 0 Å². The predicted molar refractivity (Wildman–Crippen MR) is 60.0 cm³/mol. The molecule has 0 bridgehead atoms. The van der Waals surface area contributed by atoms with E-state index in [1.165, 1.54) is 0 Å². The van der Waals surface area contributed by atoms with Crippen molar-refractivity contribution < 1.29 is 9.50 Å². The fraction of sp³-hybridized carbons (Fsp3) is 0.583. The summed E-state index contributed by atoms with van der Waals surface area (Å²) in [6, 6.07) is 5.58. The van der Waals surface area contributed by atoms with E-state index >= 15 is 0 Å². The second-order valence-electron chi connectivity index (χ2n) is 4.39. The topological polar surface area (TPSA) is 45.1 Å². The van der Waals surface area contributed by atoms with Gasteiger partial charge in [-0.05, 0) is 25.5 Å². The van der Waals surface area contributed by atoms with Crippen molar-refractivity contribution in [2.75, 3.05) is 6.54 Å². The Bertz CT molecular complexity index is 359. The third kappa shape index (κ3) is 2.77. The number of alkyl halides is 1. The molecule has 0 aromatic carbocycles. The van der Waals surface area contributed by atoms with Crippen LogP contribution in [0, 0.1) is 6.92 Å². The molecule has 1 fully saturated rings. The molecule has 1 aromatic rings. The minimum Gasteiger partial charge on any atom is -0.391 e. The lowest BCUT2D eigenvalue weighted by molar-refractivity contribution is 0.132. The fourth-order valence-electron chi connectivity index (χ4n) is 2.08. The lowest BCUT2D eigenvalue weighted by atomic mass is 10.0. The molecule has 1 saturated heterocycles. The fourth-order valence-corrected chi connectivity index (χ4v) is 2.08. The van der Waals surface area contributed by atoms with Gasteiger partial charge >= 0.3 is 0 Å². The van der Waals surface area contributed by atoms with Crippen LogP contribution in [0.4, 0.5) is 4.39 Å². The van der Waals surface area contributed by atoms with Gasteiger partial charge < -0.3 is 10.4 Å². The molecule has 0 aliphatic carbocycles. The van der Waals surface area contributed by atoms with Gasteiger partial charge in [0.15, 0.2) is 0 Å². The van der Waals surface area contributed by atoms with Crippen molar-refractivity contribution >= 4 is 0 Å². The zero-order valence-electron chi connectivity index (χ0n) is 9.36. The Morgan fingerprint density at radius 1 is 1.62 bits per heavy atom. The van der Waals surface area contributed by atoms with Crippen LogP contribution < -0.4 is 5.32 Å². The molecule has 16 heavy (non-hydrogen) atoms. The molecule has 88 valence electrons. The van der Waals surface area contributed by atoms with Crippen LogP contribution in [0.5, 0.6) is 0 Å². The van der Waals surface area contributed by atoms with Crippen LogP contribution in [0.1, 0.15) is 17.8 Å². The first kappa shape index (κ1) is 11.5. The number of nitrogens with zero attached hydrogens (tertiary/aromatic N) is 1. The van der Waals surface area contributed by atoms with E-state index in [1.54, 1.807) is 0 Å². The number of aromatic nitrogens is 1. The quantitative estimate of drug-likeness (QED) is 0.805. The van der Waals surface area contributed by atoms with Crippen LogP contribution >= 0.6 is 0 Å². The van der Waals surface area contributed by atoms with E-state index in [4.69, 9.17) is 0 Å². The van der Waals surface area contributed by atoms with Gasteiger partial charge in [0.25, 0.3) is 0 Å². The lowest BCUT2D eigenvalue weighted by Crippen LogP contribution is -2.36. The molecule has 1 aliphatic rings.